The Morgan fingerprint density at radius 1 is 1.78 bits per heavy atom. The zero-order chi connectivity index (χ0) is 6.85. The van der Waals surface area contributed by atoms with E-state index in [1.807, 2.05) is 6.92 Å². The molecule has 0 N–H and O–H groups in total. The van der Waals surface area contributed by atoms with E-state index in [1.54, 1.807) is 6.08 Å². The number of rotatable bonds is 0. The third-order valence-corrected chi connectivity index (χ3v) is 1.92. The maximum atomic E-state index is 10.8. The van der Waals surface area contributed by atoms with Crippen molar-refractivity contribution in [2.75, 3.05) is 0 Å². The predicted molar refractivity (Wildman–Crippen MR) is 37.6 cm³/mol. The minimum absolute atomic E-state index is 0.0698. The summed E-state index contributed by atoms with van der Waals surface area (Å²) >= 11 is 5.64. The van der Waals surface area contributed by atoms with Crippen molar-refractivity contribution in [3.05, 3.63) is 11.6 Å². The summed E-state index contributed by atoms with van der Waals surface area (Å²) in [6.07, 6.45) is 3.42. The maximum absolute atomic E-state index is 10.8. The molecule has 1 nitrogen and oxygen atoms in total. The van der Waals surface area contributed by atoms with Crippen molar-refractivity contribution in [2.24, 2.45) is 0 Å². The summed E-state index contributed by atoms with van der Waals surface area (Å²) in [5.41, 5.74) is 1.15. The van der Waals surface area contributed by atoms with E-state index in [0.717, 1.165) is 18.4 Å². The topological polar surface area (TPSA) is 17.1 Å². The molecular formula is C7H9ClO. The van der Waals surface area contributed by atoms with E-state index in [4.69, 9.17) is 11.6 Å². The number of halogens is 1. The Morgan fingerprint density at radius 3 is 2.89 bits per heavy atom. The molecule has 0 aromatic heterocycles. The Hall–Kier alpha value is -0.300. The molecule has 0 amide bonds. The molecule has 1 atom stereocenters. The second-order valence-electron chi connectivity index (χ2n) is 2.40. The molecule has 9 heavy (non-hydrogen) atoms. The van der Waals surface area contributed by atoms with Gasteiger partial charge in [0.1, 0.15) is 0 Å². The third kappa shape index (κ3) is 1.55. The second kappa shape index (κ2) is 2.53. The van der Waals surface area contributed by atoms with Crippen LogP contribution in [-0.2, 0) is 4.79 Å². The fourth-order valence-electron chi connectivity index (χ4n) is 0.902. The zero-order valence-corrected chi connectivity index (χ0v) is 6.11. The molecule has 1 unspecified atom stereocenters. The highest BCUT2D eigenvalue weighted by Gasteiger charge is 2.16. The van der Waals surface area contributed by atoms with E-state index in [9.17, 15) is 4.79 Å². The molecule has 1 aliphatic rings. The molecule has 0 aromatic rings. The molecule has 2 heteroatoms. The van der Waals surface area contributed by atoms with Crippen molar-refractivity contribution >= 4 is 17.4 Å². The van der Waals surface area contributed by atoms with Crippen LogP contribution in [0.1, 0.15) is 19.8 Å². The van der Waals surface area contributed by atoms with Crippen LogP contribution < -0.4 is 0 Å². The minimum atomic E-state index is -0.256. The van der Waals surface area contributed by atoms with E-state index < -0.39 is 0 Å². The zero-order valence-electron chi connectivity index (χ0n) is 5.36. The number of carbonyl (C=O) groups is 1. The number of alkyl halides is 1. The van der Waals surface area contributed by atoms with Gasteiger partial charge in [-0.1, -0.05) is 5.57 Å². The average Bonchev–Trinajstić information content (AvgIpc) is 1.80. The van der Waals surface area contributed by atoms with Gasteiger partial charge in [0.2, 0.25) is 0 Å². The normalized spacial score (nSPS) is 28.0. The minimum Gasteiger partial charge on any atom is -0.293 e. The van der Waals surface area contributed by atoms with Crippen LogP contribution in [0.3, 0.4) is 0 Å². The first kappa shape index (κ1) is 6.81. The van der Waals surface area contributed by atoms with Crippen LogP contribution in [0.15, 0.2) is 11.6 Å². The Kier molecular flexibility index (Phi) is 1.91. The van der Waals surface area contributed by atoms with E-state index in [0.29, 0.717) is 0 Å². The summed E-state index contributed by atoms with van der Waals surface area (Å²) < 4.78 is 0. The van der Waals surface area contributed by atoms with Gasteiger partial charge in [0, 0.05) is 0 Å². The molecule has 0 aliphatic heterocycles. The van der Waals surface area contributed by atoms with Crippen LogP contribution in [0.25, 0.3) is 0 Å². The maximum Gasteiger partial charge on any atom is 0.173 e. The number of hydrogen-bond donors (Lipinski definition) is 0. The van der Waals surface area contributed by atoms with Crippen LogP contribution >= 0.6 is 11.6 Å². The van der Waals surface area contributed by atoms with Crippen LogP contribution in [0, 0.1) is 0 Å². The van der Waals surface area contributed by atoms with E-state index in [-0.39, 0.29) is 11.2 Å². The molecule has 0 bridgehead atoms. The van der Waals surface area contributed by atoms with Crippen molar-refractivity contribution < 1.29 is 4.79 Å². The van der Waals surface area contributed by atoms with Crippen LogP contribution in [0.4, 0.5) is 0 Å². The summed E-state index contributed by atoms with van der Waals surface area (Å²) in [6, 6.07) is 0. The second-order valence-corrected chi connectivity index (χ2v) is 2.93. The molecule has 1 aliphatic carbocycles. The monoisotopic (exact) mass is 144 g/mol. The van der Waals surface area contributed by atoms with Gasteiger partial charge in [0.25, 0.3) is 0 Å². The van der Waals surface area contributed by atoms with Crippen molar-refractivity contribution in [3.8, 4) is 0 Å². The van der Waals surface area contributed by atoms with Crippen molar-refractivity contribution in [1.29, 1.82) is 0 Å². The molecule has 1 rings (SSSR count). The fraction of sp³-hybridized carbons (Fsp3) is 0.571. The molecule has 50 valence electrons. The highest BCUT2D eigenvalue weighted by molar-refractivity contribution is 6.33. The van der Waals surface area contributed by atoms with Gasteiger partial charge in [0.15, 0.2) is 5.78 Å². The van der Waals surface area contributed by atoms with E-state index in [1.165, 1.54) is 0 Å². The quantitative estimate of drug-likeness (QED) is 0.475. The lowest BCUT2D eigenvalue weighted by Gasteiger charge is -2.11. The predicted octanol–water partition coefficient (Wildman–Crippen LogP) is 1.90. The van der Waals surface area contributed by atoms with Crippen LogP contribution in [0.2, 0.25) is 0 Å². The standard InChI is InChI=1S/C7H9ClO/c1-5-2-3-6(8)7(9)4-5/h4,6H,2-3H2,1H3. The molecule has 0 saturated carbocycles. The van der Waals surface area contributed by atoms with Crippen molar-refractivity contribution in [3.63, 3.8) is 0 Å². The molecular weight excluding hydrogens is 136 g/mol. The first-order valence-electron chi connectivity index (χ1n) is 3.05. The number of carbonyl (C=O) groups excluding carboxylic acids is 1. The van der Waals surface area contributed by atoms with Gasteiger partial charge in [-0.3, -0.25) is 4.79 Å². The summed E-state index contributed by atoms with van der Waals surface area (Å²) in [4.78, 5) is 10.8. The lowest BCUT2D eigenvalue weighted by Crippen LogP contribution is -2.16. The van der Waals surface area contributed by atoms with Gasteiger partial charge in [-0.15, -0.1) is 11.6 Å². The van der Waals surface area contributed by atoms with Gasteiger partial charge in [-0.05, 0) is 25.8 Å². The summed E-state index contributed by atoms with van der Waals surface area (Å²) in [7, 11) is 0. The number of hydrogen-bond acceptors (Lipinski definition) is 1. The largest absolute Gasteiger partial charge is 0.293 e. The lowest BCUT2D eigenvalue weighted by atomic mass is 10.00. The highest BCUT2D eigenvalue weighted by Crippen LogP contribution is 2.18. The SMILES string of the molecule is CC1=CC(=O)C(Cl)CC1. The van der Waals surface area contributed by atoms with Crippen molar-refractivity contribution in [1.82, 2.24) is 0 Å². The van der Waals surface area contributed by atoms with Gasteiger partial charge >= 0.3 is 0 Å². The van der Waals surface area contributed by atoms with Gasteiger partial charge in [-0.25, -0.2) is 0 Å². The Labute approximate surface area is 59.7 Å². The Balaban J connectivity index is 2.70. The summed E-state index contributed by atoms with van der Waals surface area (Å²) in [6.45, 7) is 1.96. The molecule has 0 aromatic carbocycles. The van der Waals surface area contributed by atoms with Gasteiger partial charge in [-0.2, -0.15) is 0 Å². The van der Waals surface area contributed by atoms with Crippen LogP contribution in [0.5, 0.6) is 0 Å². The first-order valence-corrected chi connectivity index (χ1v) is 3.49. The number of ketones is 1. The van der Waals surface area contributed by atoms with Crippen LogP contribution in [-0.4, -0.2) is 11.2 Å². The van der Waals surface area contributed by atoms with E-state index >= 15 is 0 Å². The summed E-state index contributed by atoms with van der Waals surface area (Å²) in [5.74, 6) is 0.0698. The van der Waals surface area contributed by atoms with Gasteiger partial charge < -0.3 is 0 Å². The first-order chi connectivity index (χ1) is 4.20. The Morgan fingerprint density at radius 2 is 2.44 bits per heavy atom. The highest BCUT2D eigenvalue weighted by atomic mass is 35.5. The lowest BCUT2D eigenvalue weighted by molar-refractivity contribution is -0.114. The number of allylic oxidation sites excluding steroid dienone is 2. The van der Waals surface area contributed by atoms with E-state index in [2.05, 4.69) is 0 Å². The average molecular weight is 145 g/mol. The fourth-order valence-corrected chi connectivity index (χ4v) is 1.07. The molecule has 0 spiro atoms. The molecule has 0 heterocycles. The molecule has 0 fully saturated rings. The Bertz CT molecular complexity index is 160. The van der Waals surface area contributed by atoms with Crippen molar-refractivity contribution in [2.45, 2.75) is 25.1 Å². The van der Waals surface area contributed by atoms with Gasteiger partial charge in [0.05, 0.1) is 5.38 Å². The third-order valence-electron chi connectivity index (χ3n) is 1.49. The smallest absolute Gasteiger partial charge is 0.173 e. The molecule has 0 saturated heterocycles. The summed E-state index contributed by atoms with van der Waals surface area (Å²) in [5, 5.41) is -0.256. The molecule has 0 radical (unpaired) electrons.